The van der Waals surface area contributed by atoms with Gasteiger partial charge in [-0.15, -0.1) is 0 Å². The van der Waals surface area contributed by atoms with E-state index in [9.17, 15) is 14.7 Å². The zero-order chi connectivity index (χ0) is 16.7. The van der Waals surface area contributed by atoms with Crippen molar-refractivity contribution in [1.82, 2.24) is 10.2 Å². The zero-order valence-corrected chi connectivity index (χ0v) is 14.1. The van der Waals surface area contributed by atoms with E-state index in [-0.39, 0.29) is 24.8 Å². The lowest BCUT2D eigenvalue weighted by Crippen LogP contribution is -2.29. The third-order valence-corrected chi connectivity index (χ3v) is 3.78. The van der Waals surface area contributed by atoms with Crippen LogP contribution >= 0.6 is 23.2 Å². The average molecular weight is 347 g/mol. The minimum absolute atomic E-state index is 0.0178. The second-order valence-electron chi connectivity index (χ2n) is 5.10. The van der Waals surface area contributed by atoms with Gasteiger partial charge >= 0.3 is 0 Å². The van der Waals surface area contributed by atoms with Gasteiger partial charge in [0.2, 0.25) is 11.8 Å². The molecule has 22 heavy (non-hydrogen) atoms. The molecule has 0 saturated carbocycles. The smallest absolute Gasteiger partial charge is 0.222 e. The minimum Gasteiger partial charge on any atom is -0.386 e. The molecule has 0 radical (unpaired) electrons. The van der Waals surface area contributed by atoms with Crippen LogP contribution in [0.4, 0.5) is 0 Å². The quantitative estimate of drug-likeness (QED) is 0.796. The summed E-state index contributed by atoms with van der Waals surface area (Å²) in [4.78, 5) is 24.5. The summed E-state index contributed by atoms with van der Waals surface area (Å²) in [7, 11) is 3.35. The topological polar surface area (TPSA) is 69.6 Å². The lowest BCUT2D eigenvalue weighted by Gasteiger charge is -2.15. The van der Waals surface area contributed by atoms with Crippen LogP contribution in [0.1, 0.15) is 30.9 Å². The Morgan fingerprint density at radius 1 is 1.23 bits per heavy atom. The summed E-state index contributed by atoms with van der Waals surface area (Å²) in [5, 5.41) is 13.4. The summed E-state index contributed by atoms with van der Waals surface area (Å²) in [6, 6.07) is 4.93. The van der Waals surface area contributed by atoms with Crippen molar-refractivity contribution in [3.63, 3.8) is 0 Å². The molecule has 5 nitrogen and oxygen atoms in total. The van der Waals surface area contributed by atoms with Crippen molar-refractivity contribution in [3.05, 3.63) is 33.8 Å². The highest BCUT2D eigenvalue weighted by molar-refractivity contribution is 6.36. The van der Waals surface area contributed by atoms with Gasteiger partial charge in [0.15, 0.2) is 0 Å². The fourth-order valence-corrected chi connectivity index (χ4v) is 2.50. The molecule has 1 aromatic carbocycles. The average Bonchev–Trinajstić information content (AvgIpc) is 2.44. The number of aliphatic hydroxyl groups is 1. The van der Waals surface area contributed by atoms with Crippen LogP contribution in [0.25, 0.3) is 0 Å². The number of rotatable bonds is 7. The molecule has 0 bridgehead atoms. The Kier molecular flexibility index (Phi) is 7.65. The highest BCUT2D eigenvalue weighted by Gasteiger charge is 2.16. The number of hydrogen-bond donors (Lipinski definition) is 2. The number of nitrogens with zero attached hydrogens (tertiary/aromatic N) is 1. The van der Waals surface area contributed by atoms with Crippen LogP contribution in [0.5, 0.6) is 0 Å². The van der Waals surface area contributed by atoms with Crippen molar-refractivity contribution in [2.45, 2.75) is 25.4 Å². The van der Waals surface area contributed by atoms with Crippen LogP contribution in [0.3, 0.4) is 0 Å². The number of carbonyl (C=O) groups excluding carboxylic acids is 2. The van der Waals surface area contributed by atoms with E-state index in [1.54, 1.807) is 32.3 Å². The Labute approximate surface area is 140 Å². The van der Waals surface area contributed by atoms with Gasteiger partial charge in [-0.25, -0.2) is 0 Å². The summed E-state index contributed by atoms with van der Waals surface area (Å²) in [6.07, 6.45) is 0.0294. The molecule has 0 aromatic heterocycles. The summed E-state index contributed by atoms with van der Waals surface area (Å²) in [5.74, 6) is -0.246. The van der Waals surface area contributed by atoms with Gasteiger partial charge in [-0.2, -0.15) is 0 Å². The SMILES string of the molecule is CN(C)C(=O)CCCC(=O)NCC(O)c1c(Cl)cccc1Cl. The van der Waals surface area contributed by atoms with Gasteiger partial charge in [0.25, 0.3) is 0 Å². The number of aliphatic hydroxyl groups excluding tert-OH is 1. The van der Waals surface area contributed by atoms with E-state index in [1.807, 2.05) is 0 Å². The molecule has 7 heteroatoms. The zero-order valence-electron chi connectivity index (χ0n) is 12.6. The monoisotopic (exact) mass is 346 g/mol. The molecule has 1 rings (SSSR count). The fourth-order valence-electron chi connectivity index (χ4n) is 1.85. The van der Waals surface area contributed by atoms with Crippen LogP contribution in [0, 0.1) is 0 Å². The predicted molar refractivity (Wildman–Crippen MR) is 87.0 cm³/mol. The molecule has 0 heterocycles. The molecular formula is C15H20Cl2N2O3. The first-order valence-corrected chi connectivity index (χ1v) is 7.67. The molecule has 1 atom stereocenters. The van der Waals surface area contributed by atoms with Crippen molar-refractivity contribution in [2.75, 3.05) is 20.6 Å². The minimum atomic E-state index is -0.978. The third-order valence-electron chi connectivity index (χ3n) is 3.12. The number of amides is 2. The fraction of sp³-hybridized carbons (Fsp3) is 0.467. The van der Waals surface area contributed by atoms with Gasteiger partial charge in [0.05, 0.1) is 6.10 Å². The second-order valence-corrected chi connectivity index (χ2v) is 5.91. The lowest BCUT2D eigenvalue weighted by atomic mass is 10.1. The van der Waals surface area contributed by atoms with Crippen LogP contribution in [0.15, 0.2) is 18.2 Å². The van der Waals surface area contributed by atoms with Crippen LogP contribution < -0.4 is 5.32 Å². The predicted octanol–water partition coefficient (Wildman–Crippen LogP) is 2.40. The van der Waals surface area contributed by atoms with Crippen molar-refractivity contribution in [1.29, 1.82) is 0 Å². The van der Waals surface area contributed by atoms with Gasteiger partial charge in [0, 0.05) is 49.1 Å². The molecule has 0 fully saturated rings. The standard InChI is InChI=1S/C15H20Cl2N2O3/c1-19(2)14(22)8-4-7-13(21)18-9-12(20)15-10(16)5-3-6-11(15)17/h3,5-6,12,20H,4,7-9H2,1-2H3,(H,18,21). The van der Waals surface area contributed by atoms with Gasteiger partial charge in [-0.3, -0.25) is 9.59 Å². The summed E-state index contributed by atoms with van der Waals surface area (Å²) >= 11 is 12.0. The number of carbonyl (C=O) groups is 2. The number of benzene rings is 1. The molecule has 0 aliphatic carbocycles. The van der Waals surface area contributed by atoms with Crippen molar-refractivity contribution >= 4 is 35.0 Å². The first-order valence-electron chi connectivity index (χ1n) is 6.91. The van der Waals surface area contributed by atoms with E-state index in [1.165, 1.54) is 4.90 Å². The number of halogens is 2. The maximum Gasteiger partial charge on any atom is 0.222 e. The van der Waals surface area contributed by atoms with Gasteiger partial charge in [-0.1, -0.05) is 29.3 Å². The third kappa shape index (κ3) is 5.83. The number of hydrogen-bond acceptors (Lipinski definition) is 3. The van der Waals surface area contributed by atoms with Crippen LogP contribution in [-0.4, -0.2) is 42.5 Å². The molecule has 2 N–H and O–H groups in total. The molecule has 0 aliphatic heterocycles. The van der Waals surface area contributed by atoms with Crippen molar-refractivity contribution in [3.8, 4) is 0 Å². The molecular weight excluding hydrogens is 327 g/mol. The molecule has 0 saturated heterocycles. The summed E-state index contributed by atoms with van der Waals surface area (Å²) in [5.41, 5.74) is 0.397. The number of nitrogens with one attached hydrogen (secondary N) is 1. The van der Waals surface area contributed by atoms with Crippen LogP contribution in [0.2, 0.25) is 10.0 Å². The Balaban J connectivity index is 2.39. The highest BCUT2D eigenvalue weighted by atomic mass is 35.5. The Hall–Kier alpha value is -1.30. The Morgan fingerprint density at radius 2 is 1.82 bits per heavy atom. The molecule has 0 aliphatic rings. The first-order chi connectivity index (χ1) is 10.3. The van der Waals surface area contributed by atoms with Gasteiger partial charge in [-0.05, 0) is 18.6 Å². The van der Waals surface area contributed by atoms with E-state index in [0.717, 1.165) is 0 Å². The molecule has 2 amide bonds. The molecule has 122 valence electrons. The van der Waals surface area contributed by atoms with E-state index in [0.29, 0.717) is 28.5 Å². The lowest BCUT2D eigenvalue weighted by molar-refractivity contribution is -0.129. The molecule has 1 aromatic rings. The van der Waals surface area contributed by atoms with E-state index >= 15 is 0 Å². The van der Waals surface area contributed by atoms with Gasteiger partial charge in [0.1, 0.15) is 0 Å². The summed E-state index contributed by atoms with van der Waals surface area (Å²) in [6.45, 7) is 0.0178. The van der Waals surface area contributed by atoms with E-state index in [4.69, 9.17) is 23.2 Å². The largest absolute Gasteiger partial charge is 0.386 e. The van der Waals surface area contributed by atoms with E-state index < -0.39 is 6.10 Å². The maximum atomic E-state index is 11.7. The Bertz CT molecular complexity index is 515. The first kappa shape index (κ1) is 18.7. The van der Waals surface area contributed by atoms with Crippen LogP contribution in [-0.2, 0) is 9.59 Å². The normalized spacial score (nSPS) is 11.9. The van der Waals surface area contributed by atoms with E-state index in [2.05, 4.69) is 5.32 Å². The molecule has 1 unspecified atom stereocenters. The summed E-state index contributed by atoms with van der Waals surface area (Å²) < 4.78 is 0. The highest BCUT2D eigenvalue weighted by Crippen LogP contribution is 2.29. The molecule has 0 spiro atoms. The second kappa shape index (κ2) is 8.98. The Morgan fingerprint density at radius 3 is 2.36 bits per heavy atom. The van der Waals surface area contributed by atoms with Gasteiger partial charge < -0.3 is 15.3 Å². The maximum absolute atomic E-state index is 11.7. The van der Waals surface area contributed by atoms with Crippen molar-refractivity contribution in [2.24, 2.45) is 0 Å². The van der Waals surface area contributed by atoms with Crippen molar-refractivity contribution < 1.29 is 14.7 Å².